The number of amides is 2. The van der Waals surface area contributed by atoms with Crippen LogP contribution in [0.3, 0.4) is 0 Å². The molecule has 0 bridgehead atoms. The summed E-state index contributed by atoms with van der Waals surface area (Å²) in [5.74, 6) is 0. The van der Waals surface area contributed by atoms with Crippen LogP contribution in [0.5, 0.6) is 0 Å². The van der Waals surface area contributed by atoms with Crippen molar-refractivity contribution in [2.24, 2.45) is 0 Å². The van der Waals surface area contributed by atoms with Crippen LogP contribution in [0.1, 0.15) is 24.3 Å². The van der Waals surface area contributed by atoms with E-state index in [1.165, 1.54) is 0 Å². The van der Waals surface area contributed by atoms with Crippen LogP contribution in [0.25, 0.3) is 0 Å². The number of carbonyl (C=O) groups is 1. The molecular weight excluding hydrogens is 320 g/mol. The Bertz CT molecular complexity index is 681. The minimum Gasteiger partial charge on any atom is -0.377 e. The first kappa shape index (κ1) is 17.4. The number of piperazine rings is 1. The average Bonchev–Trinajstić information content (AvgIpc) is 3.15. The van der Waals surface area contributed by atoms with E-state index in [0.717, 1.165) is 36.6 Å². The fourth-order valence-corrected chi connectivity index (χ4v) is 2.87. The summed E-state index contributed by atoms with van der Waals surface area (Å²) in [6, 6.07) is 9.57. The number of methoxy groups -OCH3 is 1. The maximum absolute atomic E-state index is 12.5. The molecule has 7 heteroatoms. The minimum absolute atomic E-state index is 0.00284. The number of rotatable bonds is 5. The lowest BCUT2D eigenvalue weighted by molar-refractivity contribution is 0.119. The molecule has 1 atom stereocenters. The number of benzene rings is 1. The van der Waals surface area contributed by atoms with E-state index in [4.69, 9.17) is 9.26 Å². The number of anilines is 1. The van der Waals surface area contributed by atoms with E-state index in [-0.39, 0.29) is 12.1 Å². The van der Waals surface area contributed by atoms with Crippen molar-refractivity contribution < 1.29 is 14.1 Å². The molecular formula is C18H24N4O3. The number of ether oxygens (including phenoxy) is 1. The van der Waals surface area contributed by atoms with Gasteiger partial charge in [-0.1, -0.05) is 17.3 Å². The molecule has 0 unspecified atom stereocenters. The predicted molar refractivity (Wildman–Crippen MR) is 94.2 cm³/mol. The van der Waals surface area contributed by atoms with E-state index in [1.54, 1.807) is 13.4 Å². The fourth-order valence-electron chi connectivity index (χ4n) is 2.87. The third kappa shape index (κ3) is 4.58. The van der Waals surface area contributed by atoms with Crippen LogP contribution >= 0.6 is 0 Å². The maximum Gasteiger partial charge on any atom is 0.321 e. The van der Waals surface area contributed by atoms with Gasteiger partial charge in [0.25, 0.3) is 0 Å². The topological polar surface area (TPSA) is 70.8 Å². The molecule has 0 radical (unpaired) electrons. The van der Waals surface area contributed by atoms with Crippen LogP contribution in [0, 0.1) is 0 Å². The zero-order valence-corrected chi connectivity index (χ0v) is 14.6. The van der Waals surface area contributed by atoms with Crippen molar-refractivity contribution in [3.05, 3.63) is 47.9 Å². The quantitative estimate of drug-likeness (QED) is 0.903. The average molecular weight is 344 g/mol. The number of hydrogen-bond donors (Lipinski definition) is 1. The Balaban J connectivity index is 1.51. The fraction of sp³-hybridized carbons (Fsp3) is 0.444. The Morgan fingerprint density at radius 2 is 2.12 bits per heavy atom. The van der Waals surface area contributed by atoms with Gasteiger partial charge in [0.2, 0.25) is 0 Å². The lowest BCUT2D eigenvalue weighted by Crippen LogP contribution is -2.49. The van der Waals surface area contributed by atoms with Crippen LogP contribution in [0.2, 0.25) is 0 Å². The number of carbonyl (C=O) groups excluding carboxylic acids is 1. The Hall–Kier alpha value is -2.38. The monoisotopic (exact) mass is 344 g/mol. The van der Waals surface area contributed by atoms with E-state index in [0.29, 0.717) is 13.1 Å². The summed E-state index contributed by atoms with van der Waals surface area (Å²) in [5.41, 5.74) is 2.75. The zero-order valence-electron chi connectivity index (χ0n) is 14.6. The summed E-state index contributed by atoms with van der Waals surface area (Å²) in [6.07, 6.45) is 1.58. The summed E-state index contributed by atoms with van der Waals surface area (Å²) in [7, 11) is 1.68. The summed E-state index contributed by atoms with van der Waals surface area (Å²) in [6.45, 7) is 5.76. The van der Waals surface area contributed by atoms with Crippen LogP contribution in [-0.2, 0) is 11.3 Å². The number of nitrogens with one attached hydrogen (secondary N) is 1. The molecule has 1 saturated heterocycles. The zero-order chi connectivity index (χ0) is 17.6. The molecule has 1 aliphatic heterocycles. The van der Waals surface area contributed by atoms with Gasteiger partial charge in [-0.2, -0.15) is 0 Å². The van der Waals surface area contributed by atoms with Gasteiger partial charge in [0.05, 0.1) is 11.8 Å². The molecule has 1 aromatic heterocycles. The lowest BCUT2D eigenvalue weighted by Gasteiger charge is -2.34. The molecule has 1 aliphatic rings. The molecule has 25 heavy (non-hydrogen) atoms. The predicted octanol–water partition coefficient (Wildman–Crippen LogP) is 2.73. The van der Waals surface area contributed by atoms with Crippen LogP contribution < -0.4 is 5.32 Å². The van der Waals surface area contributed by atoms with E-state index in [9.17, 15) is 4.79 Å². The summed E-state index contributed by atoms with van der Waals surface area (Å²) >= 11 is 0. The van der Waals surface area contributed by atoms with Gasteiger partial charge in [-0.05, 0) is 24.6 Å². The second-order valence-electron chi connectivity index (χ2n) is 6.19. The van der Waals surface area contributed by atoms with Gasteiger partial charge < -0.3 is 19.5 Å². The van der Waals surface area contributed by atoms with Crippen LogP contribution in [0.4, 0.5) is 10.5 Å². The number of hydrogen-bond acceptors (Lipinski definition) is 5. The summed E-state index contributed by atoms with van der Waals surface area (Å²) in [4.78, 5) is 16.6. The molecule has 2 amide bonds. The second kappa shape index (κ2) is 8.13. The number of urea groups is 1. The molecule has 2 aromatic rings. The van der Waals surface area contributed by atoms with Crippen molar-refractivity contribution in [1.29, 1.82) is 0 Å². The molecule has 0 aliphatic carbocycles. The first-order valence-electron chi connectivity index (χ1n) is 8.46. The number of nitrogens with zero attached hydrogens (tertiary/aromatic N) is 3. The first-order valence-corrected chi connectivity index (χ1v) is 8.46. The van der Waals surface area contributed by atoms with E-state index >= 15 is 0 Å². The Kier molecular flexibility index (Phi) is 5.67. The second-order valence-corrected chi connectivity index (χ2v) is 6.19. The smallest absolute Gasteiger partial charge is 0.321 e. The van der Waals surface area contributed by atoms with Crippen LogP contribution in [-0.4, -0.2) is 54.3 Å². The molecule has 0 saturated carbocycles. The van der Waals surface area contributed by atoms with Gasteiger partial charge in [0.15, 0.2) is 0 Å². The Morgan fingerprint density at radius 1 is 1.32 bits per heavy atom. The summed E-state index contributed by atoms with van der Waals surface area (Å²) in [5, 5.41) is 6.91. The molecule has 1 fully saturated rings. The highest BCUT2D eigenvalue weighted by Crippen LogP contribution is 2.20. The molecule has 0 spiro atoms. The normalized spacial score (nSPS) is 16.6. The standard InChI is InChI=1S/C18H24N4O3/c1-14(24-2)15-4-3-5-16(12-15)19-18(23)22-9-7-21(8-10-22)13-17-6-11-25-20-17/h3-6,11-12,14H,7-10,13H2,1-2H3,(H,19,23)/t14-/m1/s1. The first-order chi connectivity index (χ1) is 12.2. The third-order valence-corrected chi connectivity index (χ3v) is 4.50. The van der Waals surface area contributed by atoms with Crippen molar-refractivity contribution in [2.45, 2.75) is 19.6 Å². The van der Waals surface area contributed by atoms with E-state index in [2.05, 4.69) is 15.4 Å². The molecule has 7 nitrogen and oxygen atoms in total. The SMILES string of the molecule is CO[C@H](C)c1cccc(NC(=O)N2CCN(Cc3ccon3)CC2)c1. The van der Waals surface area contributed by atoms with Gasteiger partial charge in [-0.15, -0.1) is 0 Å². The van der Waals surface area contributed by atoms with Gasteiger partial charge in [-0.3, -0.25) is 4.90 Å². The minimum atomic E-state index is -0.0664. The van der Waals surface area contributed by atoms with Crippen LogP contribution in [0.15, 0.2) is 41.1 Å². The summed E-state index contributed by atoms with van der Waals surface area (Å²) < 4.78 is 10.2. The molecule has 2 heterocycles. The lowest BCUT2D eigenvalue weighted by atomic mass is 10.1. The highest BCUT2D eigenvalue weighted by Gasteiger charge is 2.21. The maximum atomic E-state index is 12.5. The van der Waals surface area contributed by atoms with Crippen molar-refractivity contribution in [3.63, 3.8) is 0 Å². The Morgan fingerprint density at radius 3 is 2.80 bits per heavy atom. The largest absolute Gasteiger partial charge is 0.377 e. The van der Waals surface area contributed by atoms with E-state index < -0.39 is 0 Å². The van der Waals surface area contributed by atoms with Crippen molar-refractivity contribution in [2.75, 3.05) is 38.6 Å². The van der Waals surface area contributed by atoms with Crippen molar-refractivity contribution in [1.82, 2.24) is 15.0 Å². The third-order valence-electron chi connectivity index (χ3n) is 4.50. The van der Waals surface area contributed by atoms with Gasteiger partial charge in [0, 0.05) is 51.6 Å². The van der Waals surface area contributed by atoms with Crippen molar-refractivity contribution in [3.8, 4) is 0 Å². The van der Waals surface area contributed by atoms with Crippen molar-refractivity contribution >= 4 is 11.7 Å². The highest BCUT2D eigenvalue weighted by molar-refractivity contribution is 5.89. The molecule has 134 valence electrons. The molecule has 1 N–H and O–H groups in total. The Labute approximate surface area is 147 Å². The molecule has 1 aromatic carbocycles. The van der Waals surface area contributed by atoms with Gasteiger partial charge in [0.1, 0.15) is 6.26 Å². The highest BCUT2D eigenvalue weighted by atomic mass is 16.5. The van der Waals surface area contributed by atoms with E-state index in [1.807, 2.05) is 42.2 Å². The van der Waals surface area contributed by atoms with Gasteiger partial charge in [-0.25, -0.2) is 4.79 Å². The molecule has 3 rings (SSSR count). The van der Waals surface area contributed by atoms with Gasteiger partial charge >= 0.3 is 6.03 Å². The number of aromatic nitrogens is 1.